The number of aryl methyl sites for hydroxylation is 5. The Morgan fingerprint density at radius 2 is 0.825 bits per heavy atom. The molecular weight excluding hydrogens is 486 g/mol. The second kappa shape index (κ2) is 14.9. The molecule has 0 fully saturated rings. The van der Waals surface area contributed by atoms with Crippen molar-refractivity contribution < 1.29 is 0 Å². The lowest BCUT2D eigenvalue weighted by atomic mass is 10.0. The Balaban J connectivity index is 1.45. The Morgan fingerprint density at radius 1 is 0.425 bits per heavy atom. The second-order valence-corrected chi connectivity index (χ2v) is 11.5. The third-order valence-electron chi connectivity index (χ3n) is 8.20. The summed E-state index contributed by atoms with van der Waals surface area (Å²) < 4.78 is 0. The molecule has 210 valence electrons. The van der Waals surface area contributed by atoms with Crippen LogP contribution in [0.2, 0.25) is 0 Å². The van der Waals surface area contributed by atoms with E-state index in [0.717, 1.165) is 40.6 Å². The molecule has 40 heavy (non-hydrogen) atoms. The minimum Gasteiger partial charge on any atom is -0.208 e. The lowest BCUT2D eigenvalue weighted by Gasteiger charge is -2.11. The predicted octanol–water partition coefficient (Wildman–Crippen LogP) is 10.6. The Kier molecular flexibility index (Phi) is 11.0. The van der Waals surface area contributed by atoms with Crippen LogP contribution in [0.15, 0.2) is 60.7 Å². The third-order valence-corrected chi connectivity index (χ3v) is 8.20. The molecule has 1 aromatic heterocycles. The van der Waals surface area contributed by atoms with Crippen molar-refractivity contribution in [3.8, 4) is 34.2 Å². The van der Waals surface area contributed by atoms with Crippen LogP contribution < -0.4 is 0 Å². The van der Waals surface area contributed by atoms with Gasteiger partial charge in [0.2, 0.25) is 0 Å². The smallest absolute Gasteiger partial charge is 0.164 e. The Morgan fingerprint density at radius 3 is 1.27 bits per heavy atom. The van der Waals surface area contributed by atoms with Crippen LogP contribution in [0, 0.1) is 27.7 Å². The van der Waals surface area contributed by atoms with Crippen LogP contribution in [0.3, 0.4) is 0 Å². The zero-order valence-corrected chi connectivity index (χ0v) is 25.4. The summed E-state index contributed by atoms with van der Waals surface area (Å²) in [6.07, 6.45) is 14.8. The number of hydrogen-bond donors (Lipinski definition) is 0. The highest BCUT2D eigenvalue weighted by Crippen LogP contribution is 2.27. The summed E-state index contributed by atoms with van der Waals surface area (Å²) >= 11 is 0. The molecule has 4 rings (SSSR count). The van der Waals surface area contributed by atoms with E-state index in [0.29, 0.717) is 0 Å². The number of aromatic nitrogens is 3. The molecule has 0 amide bonds. The van der Waals surface area contributed by atoms with E-state index in [1.54, 1.807) is 0 Å². The summed E-state index contributed by atoms with van der Waals surface area (Å²) in [6, 6.07) is 21.7. The lowest BCUT2D eigenvalue weighted by Crippen LogP contribution is -2.01. The van der Waals surface area contributed by atoms with Gasteiger partial charge in [-0.15, -0.1) is 0 Å². The zero-order chi connectivity index (χ0) is 28.3. The first-order valence-electron chi connectivity index (χ1n) is 15.4. The first-order valence-corrected chi connectivity index (χ1v) is 15.4. The average molecular weight is 534 g/mol. The minimum absolute atomic E-state index is 0.718. The van der Waals surface area contributed by atoms with Crippen LogP contribution in [0.1, 0.15) is 98.9 Å². The monoisotopic (exact) mass is 533 g/mol. The zero-order valence-electron chi connectivity index (χ0n) is 25.4. The van der Waals surface area contributed by atoms with Crippen molar-refractivity contribution in [1.82, 2.24) is 15.0 Å². The van der Waals surface area contributed by atoms with E-state index in [4.69, 9.17) is 15.0 Å². The molecular formula is C37H47N3. The van der Waals surface area contributed by atoms with Gasteiger partial charge in [-0.05, 0) is 80.5 Å². The van der Waals surface area contributed by atoms with Gasteiger partial charge in [0.15, 0.2) is 17.5 Å². The van der Waals surface area contributed by atoms with Crippen molar-refractivity contribution in [3.05, 3.63) is 88.5 Å². The van der Waals surface area contributed by atoms with Gasteiger partial charge < -0.3 is 0 Å². The minimum atomic E-state index is 0.718. The van der Waals surface area contributed by atoms with Gasteiger partial charge in [-0.1, -0.05) is 113 Å². The normalized spacial score (nSPS) is 11.2. The maximum absolute atomic E-state index is 4.94. The summed E-state index contributed by atoms with van der Waals surface area (Å²) in [4.78, 5) is 14.8. The summed E-state index contributed by atoms with van der Waals surface area (Å²) in [7, 11) is 0. The Hall–Kier alpha value is -3.33. The fraction of sp³-hybridized carbons (Fsp3) is 0.432. The summed E-state index contributed by atoms with van der Waals surface area (Å²) in [5.74, 6) is 2.16. The molecule has 3 nitrogen and oxygen atoms in total. The molecule has 0 aliphatic heterocycles. The Bertz CT molecular complexity index is 1300. The van der Waals surface area contributed by atoms with Crippen molar-refractivity contribution in [2.24, 2.45) is 0 Å². The molecule has 0 spiro atoms. The maximum atomic E-state index is 4.94. The number of nitrogens with zero attached hydrogens (tertiary/aromatic N) is 3. The highest BCUT2D eigenvalue weighted by molar-refractivity contribution is 5.67. The van der Waals surface area contributed by atoms with Gasteiger partial charge >= 0.3 is 0 Å². The quantitative estimate of drug-likeness (QED) is 0.151. The molecule has 3 heteroatoms. The van der Waals surface area contributed by atoms with Crippen LogP contribution in [0.4, 0.5) is 0 Å². The van der Waals surface area contributed by atoms with E-state index >= 15 is 0 Å². The fourth-order valence-corrected chi connectivity index (χ4v) is 5.16. The van der Waals surface area contributed by atoms with Gasteiger partial charge in [-0.25, -0.2) is 15.0 Å². The molecule has 0 N–H and O–H groups in total. The summed E-state index contributed by atoms with van der Waals surface area (Å²) in [5.41, 5.74) is 9.48. The molecule has 0 radical (unpaired) electrons. The topological polar surface area (TPSA) is 38.7 Å². The largest absolute Gasteiger partial charge is 0.208 e. The summed E-state index contributed by atoms with van der Waals surface area (Å²) in [5, 5.41) is 0. The highest BCUT2D eigenvalue weighted by Gasteiger charge is 2.13. The first-order chi connectivity index (χ1) is 19.4. The van der Waals surface area contributed by atoms with Gasteiger partial charge in [0, 0.05) is 16.7 Å². The molecule has 0 aliphatic rings. The molecule has 0 aliphatic carbocycles. The van der Waals surface area contributed by atoms with Crippen molar-refractivity contribution in [2.75, 3.05) is 0 Å². The molecule has 4 aromatic rings. The van der Waals surface area contributed by atoms with Crippen LogP contribution >= 0.6 is 0 Å². The van der Waals surface area contributed by atoms with Crippen molar-refractivity contribution in [1.29, 1.82) is 0 Å². The van der Waals surface area contributed by atoms with Crippen LogP contribution in [-0.4, -0.2) is 15.0 Å². The first kappa shape index (κ1) is 29.6. The van der Waals surface area contributed by atoms with E-state index in [-0.39, 0.29) is 0 Å². The third kappa shape index (κ3) is 8.34. The van der Waals surface area contributed by atoms with Crippen molar-refractivity contribution >= 4 is 0 Å². The number of benzene rings is 3. The van der Waals surface area contributed by atoms with E-state index < -0.39 is 0 Å². The van der Waals surface area contributed by atoms with E-state index in [1.165, 1.54) is 92.0 Å². The number of hydrogen-bond acceptors (Lipinski definition) is 3. The standard InChI is InChI=1S/C37H47N3/c1-6-7-8-9-10-11-12-13-14-15-16-31-19-23-32(24-20-31)35-38-36(33-21-17-27(2)29(4)25-33)40-37(39-35)34-22-18-28(3)30(5)26-34/h17-26H,6-16H2,1-5H3. The highest BCUT2D eigenvalue weighted by atomic mass is 15.0. The van der Waals surface area contributed by atoms with Crippen LogP contribution in [0.5, 0.6) is 0 Å². The average Bonchev–Trinajstić information content (AvgIpc) is 2.97. The second-order valence-electron chi connectivity index (χ2n) is 11.5. The van der Waals surface area contributed by atoms with E-state index in [1.807, 2.05) is 0 Å². The van der Waals surface area contributed by atoms with Crippen LogP contribution in [-0.2, 0) is 6.42 Å². The van der Waals surface area contributed by atoms with Gasteiger partial charge in [-0.3, -0.25) is 0 Å². The summed E-state index contributed by atoms with van der Waals surface area (Å²) in [6.45, 7) is 10.8. The molecule has 0 atom stereocenters. The van der Waals surface area contributed by atoms with Crippen LogP contribution in [0.25, 0.3) is 34.2 Å². The number of unbranched alkanes of at least 4 members (excludes halogenated alkanes) is 9. The van der Waals surface area contributed by atoms with Gasteiger partial charge in [0.05, 0.1) is 0 Å². The molecule has 1 heterocycles. The SMILES string of the molecule is CCCCCCCCCCCCc1ccc(-c2nc(-c3ccc(C)c(C)c3)nc(-c3ccc(C)c(C)c3)n2)cc1. The fourth-order valence-electron chi connectivity index (χ4n) is 5.16. The van der Waals surface area contributed by atoms with E-state index in [9.17, 15) is 0 Å². The number of rotatable bonds is 14. The molecule has 0 saturated heterocycles. The molecule has 0 unspecified atom stereocenters. The van der Waals surface area contributed by atoms with Crippen molar-refractivity contribution in [2.45, 2.75) is 105 Å². The maximum Gasteiger partial charge on any atom is 0.164 e. The molecule has 3 aromatic carbocycles. The van der Waals surface area contributed by atoms with E-state index in [2.05, 4.69) is 95.3 Å². The predicted molar refractivity (Wildman–Crippen MR) is 171 cm³/mol. The van der Waals surface area contributed by atoms with Crippen molar-refractivity contribution in [3.63, 3.8) is 0 Å². The van der Waals surface area contributed by atoms with Gasteiger partial charge in [-0.2, -0.15) is 0 Å². The molecule has 0 bridgehead atoms. The Labute approximate surface area is 242 Å². The van der Waals surface area contributed by atoms with Gasteiger partial charge in [0.25, 0.3) is 0 Å². The molecule has 0 saturated carbocycles. The van der Waals surface area contributed by atoms with Gasteiger partial charge in [0.1, 0.15) is 0 Å². The lowest BCUT2D eigenvalue weighted by molar-refractivity contribution is 0.556.